The van der Waals surface area contributed by atoms with Crippen molar-refractivity contribution in [3.05, 3.63) is 83.2 Å². The molecular weight excluding hydrogens is 412 g/mol. The highest BCUT2D eigenvalue weighted by Crippen LogP contribution is 2.32. The molecule has 0 aliphatic carbocycles. The van der Waals surface area contributed by atoms with Gasteiger partial charge in [-0.25, -0.2) is 10.5 Å². The molecule has 1 saturated heterocycles. The summed E-state index contributed by atoms with van der Waals surface area (Å²) in [5.41, 5.74) is 7.11. The summed E-state index contributed by atoms with van der Waals surface area (Å²) in [6.45, 7) is 7.66. The quantitative estimate of drug-likeness (QED) is 0.317. The predicted octanol–water partition coefficient (Wildman–Crippen LogP) is 4.62. The van der Waals surface area contributed by atoms with E-state index in [2.05, 4.69) is 53.6 Å². The number of amides is 1. The third kappa shape index (κ3) is 5.41. The van der Waals surface area contributed by atoms with Crippen LogP contribution in [0.4, 0.5) is 0 Å². The van der Waals surface area contributed by atoms with Crippen molar-refractivity contribution in [3.63, 3.8) is 0 Å². The smallest absolute Gasteiger partial charge is 0.267 e. The van der Waals surface area contributed by atoms with Gasteiger partial charge in [-0.1, -0.05) is 55.5 Å². The van der Waals surface area contributed by atoms with Crippen LogP contribution in [0, 0.1) is 6.92 Å². The highest BCUT2D eigenvalue weighted by atomic mass is 16.5. The summed E-state index contributed by atoms with van der Waals surface area (Å²) in [7, 11) is 0. The van der Waals surface area contributed by atoms with Crippen LogP contribution in [0.3, 0.4) is 0 Å². The summed E-state index contributed by atoms with van der Waals surface area (Å²) < 4.78 is 2.43. The van der Waals surface area contributed by atoms with Crippen LogP contribution >= 0.6 is 0 Å². The summed E-state index contributed by atoms with van der Waals surface area (Å²) in [4.78, 5) is 19.1. The number of hydroxylamine groups is 1. The minimum atomic E-state index is -0.551. The van der Waals surface area contributed by atoms with Gasteiger partial charge in [0, 0.05) is 36.3 Å². The zero-order chi connectivity index (χ0) is 23.2. The van der Waals surface area contributed by atoms with E-state index in [4.69, 9.17) is 10.2 Å². The van der Waals surface area contributed by atoms with Crippen LogP contribution in [0.1, 0.15) is 48.3 Å². The van der Waals surface area contributed by atoms with Gasteiger partial charge in [-0.15, -0.1) is 0 Å². The fraction of sp³-hybridized carbons (Fsp3) is 0.333. The van der Waals surface area contributed by atoms with E-state index in [9.17, 15) is 4.79 Å². The Morgan fingerprint density at radius 1 is 1.21 bits per heavy atom. The van der Waals surface area contributed by atoms with Crippen LogP contribution in [-0.2, 0) is 11.2 Å². The number of nitrogens with zero attached hydrogens (tertiary/aromatic N) is 3. The third-order valence-electron chi connectivity index (χ3n) is 6.44. The van der Waals surface area contributed by atoms with Crippen LogP contribution in [0.5, 0.6) is 0 Å². The Kier molecular flexibility index (Phi) is 7.37. The maximum absolute atomic E-state index is 11.4. The van der Waals surface area contributed by atoms with E-state index >= 15 is 0 Å². The molecule has 3 aromatic rings. The molecule has 6 heteroatoms. The lowest BCUT2D eigenvalue weighted by atomic mass is 10.0. The van der Waals surface area contributed by atoms with Crippen LogP contribution in [-0.4, -0.2) is 45.2 Å². The minimum Gasteiger partial charge on any atom is -0.324 e. The fourth-order valence-corrected chi connectivity index (χ4v) is 4.69. The van der Waals surface area contributed by atoms with Gasteiger partial charge in [0.1, 0.15) is 5.82 Å². The molecule has 2 aromatic carbocycles. The van der Waals surface area contributed by atoms with Crippen LogP contribution in [0.25, 0.3) is 17.5 Å². The first kappa shape index (κ1) is 23.0. The molecule has 6 nitrogen and oxygen atoms in total. The van der Waals surface area contributed by atoms with Gasteiger partial charge < -0.3 is 9.47 Å². The first-order valence-corrected chi connectivity index (χ1v) is 11.7. The van der Waals surface area contributed by atoms with Crippen LogP contribution < -0.4 is 5.48 Å². The third-order valence-corrected chi connectivity index (χ3v) is 6.44. The van der Waals surface area contributed by atoms with Gasteiger partial charge in [0.05, 0.1) is 5.69 Å². The van der Waals surface area contributed by atoms with Gasteiger partial charge in [0.25, 0.3) is 5.91 Å². The normalized spacial score (nSPS) is 16.9. The van der Waals surface area contributed by atoms with E-state index in [1.807, 2.05) is 24.3 Å². The zero-order valence-corrected chi connectivity index (χ0v) is 19.4. The predicted molar refractivity (Wildman–Crippen MR) is 131 cm³/mol. The molecule has 1 aliphatic heterocycles. The zero-order valence-electron chi connectivity index (χ0n) is 19.4. The Balaban J connectivity index is 1.75. The Labute approximate surface area is 195 Å². The number of imidazole rings is 1. The van der Waals surface area contributed by atoms with Gasteiger partial charge in [-0.05, 0) is 56.1 Å². The minimum absolute atomic E-state index is 0.380. The number of nitrogens with one attached hydrogen (secondary N) is 1. The molecule has 0 unspecified atom stereocenters. The lowest BCUT2D eigenvalue weighted by Crippen LogP contribution is -2.36. The molecule has 1 fully saturated rings. The van der Waals surface area contributed by atoms with Gasteiger partial charge >= 0.3 is 0 Å². The Hall–Kier alpha value is -3.22. The van der Waals surface area contributed by atoms with E-state index in [0.717, 1.165) is 55.1 Å². The van der Waals surface area contributed by atoms with Gasteiger partial charge in [-0.2, -0.15) is 0 Å². The van der Waals surface area contributed by atoms with E-state index < -0.39 is 5.91 Å². The monoisotopic (exact) mass is 444 g/mol. The van der Waals surface area contributed by atoms with Crippen molar-refractivity contribution < 1.29 is 10.0 Å². The lowest BCUT2D eigenvalue weighted by molar-refractivity contribution is -0.124. The van der Waals surface area contributed by atoms with Crippen molar-refractivity contribution >= 4 is 12.0 Å². The summed E-state index contributed by atoms with van der Waals surface area (Å²) in [6.07, 6.45) is 6.13. The first-order chi connectivity index (χ1) is 16.1. The number of benzene rings is 2. The topological polar surface area (TPSA) is 70.4 Å². The molecule has 2 N–H and O–H groups in total. The molecule has 33 heavy (non-hydrogen) atoms. The molecule has 1 amide bonds. The Morgan fingerprint density at radius 3 is 2.79 bits per heavy atom. The van der Waals surface area contributed by atoms with Crippen LogP contribution in [0.2, 0.25) is 0 Å². The van der Waals surface area contributed by atoms with Crippen molar-refractivity contribution in [1.82, 2.24) is 19.9 Å². The second kappa shape index (κ2) is 10.6. The van der Waals surface area contributed by atoms with E-state index in [0.29, 0.717) is 6.04 Å². The number of carbonyl (C=O) groups is 1. The van der Waals surface area contributed by atoms with E-state index in [1.165, 1.54) is 23.8 Å². The summed E-state index contributed by atoms with van der Waals surface area (Å²) >= 11 is 0. The number of likely N-dealkylation sites (tertiary alicyclic amines) is 1. The van der Waals surface area contributed by atoms with Crippen molar-refractivity contribution in [1.29, 1.82) is 0 Å². The number of hydrogen-bond acceptors (Lipinski definition) is 4. The molecule has 1 aromatic heterocycles. The molecule has 172 valence electrons. The van der Waals surface area contributed by atoms with E-state index in [1.54, 1.807) is 11.6 Å². The number of carbonyl (C=O) groups excluding carboxylic acids is 1. The molecule has 0 spiro atoms. The average Bonchev–Trinajstić information content (AvgIpc) is 3.19. The average molecular weight is 445 g/mol. The highest BCUT2D eigenvalue weighted by molar-refractivity contribution is 5.91. The number of likely N-dealkylation sites (N-methyl/N-ethyl adjacent to an activating group) is 1. The molecule has 0 bridgehead atoms. The standard InChI is InChI=1S/C27H32N4O2/c1-3-30-16-8-13-24(19-30)31-20(2)25(18-21-9-5-4-6-10-21)28-27(31)23-12-7-11-22(17-23)14-15-26(32)29-33/h4-7,9-12,14-15,17,24,33H,3,8,13,16,18-19H2,1-2H3,(H,29,32)/b15-14+/t24-/m1/s1. The second-order valence-corrected chi connectivity index (χ2v) is 8.62. The number of rotatable bonds is 7. The van der Waals surface area contributed by atoms with E-state index in [-0.39, 0.29) is 0 Å². The highest BCUT2D eigenvalue weighted by Gasteiger charge is 2.26. The molecule has 0 saturated carbocycles. The summed E-state index contributed by atoms with van der Waals surface area (Å²) in [5.74, 6) is 0.424. The van der Waals surface area contributed by atoms with Crippen molar-refractivity contribution in [3.8, 4) is 11.4 Å². The Morgan fingerprint density at radius 2 is 2.03 bits per heavy atom. The molecule has 4 rings (SSSR count). The number of aromatic nitrogens is 2. The van der Waals surface area contributed by atoms with Crippen molar-refractivity contribution in [2.24, 2.45) is 0 Å². The molecule has 2 heterocycles. The summed E-state index contributed by atoms with van der Waals surface area (Å²) in [6, 6.07) is 18.9. The number of piperidine rings is 1. The maximum atomic E-state index is 11.4. The summed E-state index contributed by atoms with van der Waals surface area (Å²) in [5, 5.41) is 8.75. The fourth-order valence-electron chi connectivity index (χ4n) is 4.69. The van der Waals surface area contributed by atoms with Gasteiger partial charge in [0.15, 0.2) is 0 Å². The lowest BCUT2D eigenvalue weighted by Gasteiger charge is -2.34. The molecular formula is C27H32N4O2. The molecule has 0 radical (unpaired) electrons. The Bertz CT molecular complexity index is 1120. The number of hydrogen-bond donors (Lipinski definition) is 2. The SMILES string of the molecule is CCN1CCC[C@@H](n2c(-c3cccc(/C=C/C(=O)NO)c3)nc(Cc3ccccc3)c2C)C1. The van der Waals surface area contributed by atoms with Gasteiger partial charge in [-0.3, -0.25) is 10.0 Å². The molecule has 1 aliphatic rings. The van der Waals surface area contributed by atoms with Crippen molar-refractivity contribution in [2.45, 2.75) is 39.2 Å². The first-order valence-electron chi connectivity index (χ1n) is 11.7. The van der Waals surface area contributed by atoms with Crippen LogP contribution in [0.15, 0.2) is 60.7 Å². The molecule has 1 atom stereocenters. The van der Waals surface area contributed by atoms with Crippen molar-refractivity contribution in [2.75, 3.05) is 19.6 Å². The second-order valence-electron chi connectivity index (χ2n) is 8.62. The largest absolute Gasteiger partial charge is 0.324 e. The van der Waals surface area contributed by atoms with Gasteiger partial charge in [0.2, 0.25) is 0 Å². The maximum Gasteiger partial charge on any atom is 0.267 e.